The lowest BCUT2D eigenvalue weighted by Crippen LogP contribution is -2.21. The molecule has 0 radical (unpaired) electrons. The average Bonchev–Trinajstić information content (AvgIpc) is 2.28. The number of guanidine groups is 1. The number of benzene rings is 1. The third-order valence-electron chi connectivity index (χ3n) is 1.50. The van der Waals surface area contributed by atoms with Gasteiger partial charge in [0.15, 0.2) is 0 Å². The summed E-state index contributed by atoms with van der Waals surface area (Å²) < 4.78 is 0. The van der Waals surface area contributed by atoms with Gasteiger partial charge >= 0.3 is 0 Å². The van der Waals surface area contributed by atoms with E-state index in [2.05, 4.69) is 10.2 Å². The van der Waals surface area contributed by atoms with Crippen molar-refractivity contribution < 1.29 is 14.8 Å². The number of hydrogen-bond acceptors (Lipinski definition) is 5. The molecule has 19 heavy (non-hydrogen) atoms. The van der Waals surface area contributed by atoms with Crippen molar-refractivity contribution in [2.45, 2.75) is 6.92 Å². The molecule has 1 aromatic rings. The molecule has 9 heteroatoms. The number of rotatable bonds is 3. The van der Waals surface area contributed by atoms with Gasteiger partial charge in [-0.3, -0.25) is 14.9 Å². The summed E-state index contributed by atoms with van der Waals surface area (Å²) in [4.78, 5) is 19.1. The van der Waals surface area contributed by atoms with Gasteiger partial charge in [0.2, 0.25) is 5.96 Å². The largest absolute Gasteiger partial charge is 0.481 e. The van der Waals surface area contributed by atoms with Gasteiger partial charge in [-0.05, 0) is 6.07 Å². The lowest BCUT2D eigenvalue weighted by Gasteiger charge is -1.94. The Labute approximate surface area is 108 Å². The Bertz CT molecular complexity index is 504. The number of nitrogens with zero attached hydrogens (tertiary/aromatic N) is 3. The zero-order valence-corrected chi connectivity index (χ0v) is 10.1. The van der Waals surface area contributed by atoms with Gasteiger partial charge in [0, 0.05) is 13.0 Å². The Kier molecular flexibility index (Phi) is 6.89. The second-order valence-electron chi connectivity index (χ2n) is 3.10. The highest BCUT2D eigenvalue weighted by atomic mass is 16.6. The van der Waals surface area contributed by atoms with E-state index in [1.807, 2.05) is 0 Å². The molecule has 0 atom stereocenters. The summed E-state index contributed by atoms with van der Waals surface area (Å²) in [6, 6.07) is 6.14. The second-order valence-corrected chi connectivity index (χ2v) is 3.10. The van der Waals surface area contributed by atoms with E-state index >= 15 is 0 Å². The van der Waals surface area contributed by atoms with Crippen LogP contribution in [-0.2, 0) is 4.79 Å². The monoisotopic (exact) mass is 267 g/mol. The Morgan fingerprint density at radius 2 is 1.95 bits per heavy atom. The minimum Gasteiger partial charge on any atom is -0.481 e. The quantitative estimate of drug-likeness (QED) is 0.309. The first-order valence-electron chi connectivity index (χ1n) is 4.89. The molecule has 0 amide bonds. The molecule has 0 aliphatic carbocycles. The van der Waals surface area contributed by atoms with E-state index in [-0.39, 0.29) is 11.6 Å². The summed E-state index contributed by atoms with van der Waals surface area (Å²) in [6.07, 6.45) is 1.22. The van der Waals surface area contributed by atoms with E-state index in [0.29, 0.717) is 5.56 Å². The fourth-order valence-electron chi connectivity index (χ4n) is 0.921. The zero-order chi connectivity index (χ0) is 14.8. The molecule has 102 valence electrons. The van der Waals surface area contributed by atoms with Crippen LogP contribution in [0.4, 0.5) is 5.69 Å². The number of nitrogens with two attached hydrogens (primary N) is 2. The van der Waals surface area contributed by atoms with E-state index < -0.39 is 10.9 Å². The maximum Gasteiger partial charge on any atom is 0.300 e. The normalized spacial score (nSPS) is 9.32. The summed E-state index contributed by atoms with van der Waals surface area (Å²) in [5.74, 6) is -1.04. The molecule has 0 aromatic heterocycles. The van der Waals surface area contributed by atoms with Crippen molar-refractivity contribution in [3.05, 3.63) is 39.9 Å². The van der Waals surface area contributed by atoms with Gasteiger partial charge in [0.25, 0.3) is 11.7 Å². The molecule has 5 N–H and O–H groups in total. The molecule has 0 unspecified atom stereocenters. The van der Waals surface area contributed by atoms with Crippen molar-refractivity contribution in [2.75, 3.05) is 0 Å². The Hall–Kier alpha value is -2.97. The van der Waals surface area contributed by atoms with Gasteiger partial charge in [-0.2, -0.15) is 5.10 Å². The van der Waals surface area contributed by atoms with Gasteiger partial charge in [-0.15, -0.1) is 5.10 Å². The molecule has 0 spiro atoms. The van der Waals surface area contributed by atoms with Crippen molar-refractivity contribution in [3.63, 3.8) is 0 Å². The van der Waals surface area contributed by atoms with Gasteiger partial charge in [0.05, 0.1) is 16.7 Å². The first kappa shape index (κ1) is 16.0. The lowest BCUT2D eigenvalue weighted by molar-refractivity contribution is -0.385. The van der Waals surface area contributed by atoms with Crippen LogP contribution >= 0.6 is 0 Å². The SMILES string of the molecule is CC(=O)O.NC(N)=N/N=C/c1ccccc1[N+](=O)[O-]. The van der Waals surface area contributed by atoms with Crippen LogP contribution in [0.1, 0.15) is 12.5 Å². The van der Waals surface area contributed by atoms with Crippen molar-refractivity contribution in [1.29, 1.82) is 0 Å². The smallest absolute Gasteiger partial charge is 0.300 e. The predicted molar refractivity (Wildman–Crippen MR) is 69.8 cm³/mol. The minimum absolute atomic E-state index is 0.0490. The van der Waals surface area contributed by atoms with Crippen LogP contribution in [0.25, 0.3) is 0 Å². The summed E-state index contributed by atoms with van der Waals surface area (Å²) in [5.41, 5.74) is 10.4. The molecule has 1 rings (SSSR count). The summed E-state index contributed by atoms with van der Waals surface area (Å²) >= 11 is 0. The van der Waals surface area contributed by atoms with E-state index in [0.717, 1.165) is 6.92 Å². The van der Waals surface area contributed by atoms with Gasteiger partial charge in [0.1, 0.15) is 0 Å². The predicted octanol–water partition coefficient (Wildman–Crippen LogP) is 0.293. The summed E-state index contributed by atoms with van der Waals surface area (Å²) in [5, 5.41) is 24.8. The van der Waals surface area contributed by atoms with Crippen LogP contribution in [0.15, 0.2) is 34.5 Å². The number of hydrogen-bond donors (Lipinski definition) is 3. The fourth-order valence-corrected chi connectivity index (χ4v) is 0.921. The Morgan fingerprint density at radius 3 is 2.42 bits per heavy atom. The molecule has 0 aliphatic heterocycles. The van der Waals surface area contributed by atoms with Crippen molar-refractivity contribution >= 4 is 23.8 Å². The summed E-state index contributed by atoms with van der Waals surface area (Å²) in [7, 11) is 0. The molecule has 0 saturated heterocycles. The highest BCUT2D eigenvalue weighted by Crippen LogP contribution is 2.15. The van der Waals surface area contributed by atoms with Gasteiger partial charge < -0.3 is 16.6 Å². The first-order valence-corrected chi connectivity index (χ1v) is 4.89. The second kappa shape index (κ2) is 8.17. The fraction of sp³-hybridized carbons (Fsp3) is 0.100. The molecular formula is C10H13N5O4. The number of para-hydroxylation sites is 1. The highest BCUT2D eigenvalue weighted by Gasteiger charge is 2.09. The summed E-state index contributed by atoms with van der Waals surface area (Å²) in [6.45, 7) is 1.08. The van der Waals surface area contributed by atoms with Crippen LogP contribution in [0.3, 0.4) is 0 Å². The molecule has 0 bridgehead atoms. The van der Waals surface area contributed by atoms with E-state index in [1.54, 1.807) is 18.2 Å². The zero-order valence-electron chi connectivity index (χ0n) is 10.1. The number of nitro benzene ring substituents is 1. The van der Waals surface area contributed by atoms with Crippen LogP contribution < -0.4 is 11.5 Å². The van der Waals surface area contributed by atoms with Gasteiger partial charge in [-0.1, -0.05) is 12.1 Å². The van der Waals surface area contributed by atoms with Crippen LogP contribution in [0.2, 0.25) is 0 Å². The molecule has 0 heterocycles. The number of carboxylic acids is 1. The maximum atomic E-state index is 10.6. The van der Waals surface area contributed by atoms with Crippen LogP contribution in [-0.4, -0.2) is 28.2 Å². The van der Waals surface area contributed by atoms with E-state index in [9.17, 15) is 10.1 Å². The van der Waals surface area contributed by atoms with E-state index in [4.69, 9.17) is 21.4 Å². The van der Waals surface area contributed by atoms with Crippen LogP contribution in [0, 0.1) is 10.1 Å². The molecule has 0 saturated carbocycles. The Morgan fingerprint density at radius 1 is 1.42 bits per heavy atom. The Balaban J connectivity index is 0.000000711. The average molecular weight is 267 g/mol. The molecule has 1 aromatic carbocycles. The molecule has 9 nitrogen and oxygen atoms in total. The lowest BCUT2D eigenvalue weighted by atomic mass is 10.2. The third kappa shape index (κ3) is 7.85. The number of carboxylic acid groups (broad SMARTS) is 1. The molecule has 0 fully saturated rings. The van der Waals surface area contributed by atoms with Crippen LogP contribution in [0.5, 0.6) is 0 Å². The van der Waals surface area contributed by atoms with Crippen molar-refractivity contribution in [3.8, 4) is 0 Å². The van der Waals surface area contributed by atoms with E-state index in [1.165, 1.54) is 12.3 Å². The topological polar surface area (TPSA) is 157 Å². The van der Waals surface area contributed by atoms with Gasteiger partial charge in [-0.25, -0.2) is 0 Å². The number of aliphatic carboxylic acids is 1. The standard InChI is InChI=1S/C8H9N5O2.C2H4O2/c9-8(10)12-11-5-6-3-1-2-4-7(6)13(14)15;1-2(3)4/h1-5H,(H4,9,10,12);1H3,(H,3,4)/b11-5+;. The maximum absolute atomic E-state index is 10.6. The molecular weight excluding hydrogens is 254 g/mol. The molecule has 0 aliphatic rings. The number of carbonyl (C=O) groups is 1. The van der Waals surface area contributed by atoms with Crippen molar-refractivity contribution in [1.82, 2.24) is 0 Å². The minimum atomic E-state index is -0.833. The third-order valence-corrected chi connectivity index (χ3v) is 1.50. The van der Waals surface area contributed by atoms with Crippen molar-refractivity contribution in [2.24, 2.45) is 21.7 Å². The highest BCUT2D eigenvalue weighted by molar-refractivity contribution is 5.86. The first-order chi connectivity index (χ1) is 8.84. The number of nitro groups is 1.